The third kappa shape index (κ3) is 2.93. The molecule has 14 heavy (non-hydrogen) atoms. The lowest BCUT2D eigenvalue weighted by Gasteiger charge is -2.33. The molecule has 0 bridgehead atoms. The van der Waals surface area contributed by atoms with Crippen LogP contribution in [0.1, 0.15) is 20.3 Å². The molecule has 84 valence electrons. The normalized spacial score (nSPS) is 23.6. The molecular weight excluding hydrogens is 200 g/mol. The number of rotatable bonds is 3. The third-order valence-corrected chi connectivity index (χ3v) is 4.45. The van der Waals surface area contributed by atoms with Gasteiger partial charge in [-0.1, -0.05) is 6.92 Å². The van der Waals surface area contributed by atoms with Crippen molar-refractivity contribution >= 4 is 10.0 Å². The SMILES string of the molecule is CCC(C)[NH+]1CCN(S(C)(=O)=O)CC1. The minimum Gasteiger partial charge on any atom is -0.331 e. The van der Waals surface area contributed by atoms with Crippen LogP contribution < -0.4 is 4.90 Å². The Hall–Kier alpha value is -0.130. The average Bonchev–Trinajstić information content (AvgIpc) is 2.15. The number of sulfonamides is 1. The number of hydrogen-bond acceptors (Lipinski definition) is 2. The van der Waals surface area contributed by atoms with Crippen molar-refractivity contribution in [3.63, 3.8) is 0 Å². The second kappa shape index (κ2) is 4.59. The van der Waals surface area contributed by atoms with Gasteiger partial charge in [0.05, 0.1) is 38.5 Å². The van der Waals surface area contributed by atoms with Crippen LogP contribution in [0.3, 0.4) is 0 Å². The highest BCUT2D eigenvalue weighted by Crippen LogP contribution is 1.98. The predicted molar refractivity (Wildman–Crippen MR) is 56.9 cm³/mol. The summed E-state index contributed by atoms with van der Waals surface area (Å²) in [6.07, 6.45) is 2.45. The summed E-state index contributed by atoms with van der Waals surface area (Å²) in [6, 6.07) is 0.650. The van der Waals surface area contributed by atoms with Crippen molar-refractivity contribution in [3.8, 4) is 0 Å². The lowest BCUT2D eigenvalue weighted by Crippen LogP contribution is -3.17. The van der Waals surface area contributed by atoms with Crippen LogP contribution in [-0.4, -0.2) is 51.2 Å². The molecule has 1 aliphatic heterocycles. The molecule has 0 radical (unpaired) electrons. The first-order valence-electron chi connectivity index (χ1n) is 5.25. The van der Waals surface area contributed by atoms with E-state index in [1.54, 1.807) is 4.31 Å². The number of quaternary nitrogens is 1. The van der Waals surface area contributed by atoms with E-state index in [1.165, 1.54) is 11.2 Å². The molecule has 0 spiro atoms. The van der Waals surface area contributed by atoms with Gasteiger partial charge in [-0.25, -0.2) is 8.42 Å². The van der Waals surface area contributed by atoms with E-state index < -0.39 is 10.0 Å². The summed E-state index contributed by atoms with van der Waals surface area (Å²) in [5.74, 6) is 0. The van der Waals surface area contributed by atoms with Crippen LogP contribution in [0.5, 0.6) is 0 Å². The molecule has 0 saturated carbocycles. The Morgan fingerprint density at radius 1 is 1.36 bits per heavy atom. The monoisotopic (exact) mass is 221 g/mol. The van der Waals surface area contributed by atoms with Gasteiger partial charge in [0.1, 0.15) is 0 Å². The van der Waals surface area contributed by atoms with E-state index in [-0.39, 0.29) is 0 Å². The maximum atomic E-state index is 11.2. The van der Waals surface area contributed by atoms with Gasteiger partial charge in [0, 0.05) is 0 Å². The van der Waals surface area contributed by atoms with Crippen LogP contribution in [0, 0.1) is 0 Å². The topological polar surface area (TPSA) is 41.8 Å². The first kappa shape index (κ1) is 11.9. The maximum absolute atomic E-state index is 11.2. The van der Waals surface area contributed by atoms with Crippen molar-refractivity contribution in [3.05, 3.63) is 0 Å². The van der Waals surface area contributed by atoms with E-state index in [2.05, 4.69) is 13.8 Å². The smallest absolute Gasteiger partial charge is 0.211 e. The highest BCUT2D eigenvalue weighted by molar-refractivity contribution is 7.88. The molecule has 1 aliphatic rings. The molecule has 1 fully saturated rings. The second-order valence-corrected chi connectivity index (χ2v) is 6.11. The molecule has 0 amide bonds. The first-order chi connectivity index (χ1) is 6.45. The summed E-state index contributed by atoms with van der Waals surface area (Å²) >= 11 is 0. The molecule has 1 unspecified atom stereocenters. The second-order valence-electron chi connectivity index (χ2n) is 4.13. The summed E-state index contributed by atoms with van der Waals surface area (Å²) in [6.45, 7) is 7.66. The summed E-state index contributed by atoms with van der Waals surface area (Å²) in [7, 11) is -2.96. The molecule has 0 aromatic carbocycles. The van der Waals surface area contributed by atoms with E-state index in [4.69, 9.17) is 0 Å². The van der Waals surface area contributed by atoms with E-state index >= 15 is 0 Å². The van der Waals surface area contributed by atoms with Gasteiger partial charge in [0.15, 0.2) is 0 Å². The van der Waals surface area contributed by atoms with Gasteiger partial charge >= 0.3 is 0 Å². The highest BCUT2D eigenvalue weighted by atomic mass is 32.2. The van der Waals surface area contributed by atoms with Gasteiger partial charge in [0.2, 0.25) is 10.0 Å². The van der Waals surface area contributed by atoms with Gasteiger partial charge in [-0.05, 0) is 13.3 Å². The lowest BCUT2D eigenvalue weighted by atomic mass is 10.2. The Bertz CT molecular complexity index is 269. The number of hydrogen-bond donors (Lipinski definition) is 1. The van der Waals surface area contributed by atoms with Crippen molar-refractivity contribution in [2.45, 2.75) is 26.3 Å². The molecule has 0 aromatic rings. The summed E-state index contributed by atoms with van der Waals surface area (Å²) in [5.41, 5.74) is 0. The standard InChI is InChI=1S/C9H20N2O2S/c1-4-9(2)10-5-7-11(8-6-10)14(3,12)13/h9H,4-8H2,1-3H3/p+1. The Morgan fingerprint density at radius 2 is 1.86 bits per heavy atom. The minimum absolute atomic E-state index is 0.650. The van der Waals surface area contributed by atoms with Gasteiger partial charge in [-0.3, -0.25) is 0 Å². The Morgan fingerprint density at radius 3 is 2.21 bits per heavy atom. The Kier molecular flexibility index (Phi) is 3.92. The fourth-order valence-electron chi connectivity index (χ4n) is 1.89. The fraction of sp³-hybridized carbons (Fsp3) is 1.00. The van der Waals surface area contributed by atoms with Gasteiger partial charge < -0.3 is 4.90 Å². The number of piperazine rings is 1. The molecule has 1 atom stereocenters. The third-order valence-electron chi connectivity index (χ3n) is 3.14. The Balaban J connectivity index is 2.47. The molecule has 1 N–H and O–H groups in total. The molecule has 4 nitrogen and oxygen atoms in total. The van der Waals surface area contributed by atoms with Gasteiger partial charge in [0.25, 0.3) is 0 Å². The van der Waals surface area contributed by atoms with Crippen LogP contribution in [-0.2, 0) is 10.0 Å². The fourth-order valence-corrected chi connectivity index (χ4v) is 2.73. The van der Waals surface area contributed by atoms with Crippen molar-refractivity contribution in [2.24, 2.45) is 0 Å². The van der Waals surface area contributed by atoms with Crippen LogP contribution >= 0.6 is 0 Å². The predicted octanol–water partition coefficient (Wildman–Crippen LogP) is -1.05. The molecule has 1 saturated heterocycles. The van der Waals surface area contributed by atoms with Crippen molar-refractivity contribution in [2.75, 3.05) is 32.4 Å². The van der Waals surface area contributed by atoms with Crippen molar-refractivity contribution in [1.82, 2.24) is 4.31 Å². The zero-order valence-corrected chi connectivity index (χ0v) is 10.1. The highest BCUT2D eigenvalue weighted by Gasteiger charge is 2.27. The van der Waals surface area contributed by atoms with Crippen LogP contribution in [0.15, 0.2) is 0 Å². The quantitative estimate of drug-likeness (QED) is 0.660. The lowest BCUT2D eigenvalue weighted by molar-refractivity contribution is -0.927. The zero-order valence-electron chi connectivity index (χ0n) is 9.28. The minimum atomic E-state index is -2.96. The average molecular weight is 221 g/mol. The van der Waals surface area contributed by atoms with E-state index in [1.807, 2.05) is 0 Å². The molecule has 5 heteroatoms. The number of nitrogens with one attached hydrogen (secondary N) is 1. The maximum Gasteiger partial charge on any atom is 0.211 e. The van der Waals surface area contributed by atoms with E-state index in [9.17, 15) is 8.42 Å². The molecule has 0 aromatic heterocycles. The first-order valence-corrected chi connectivity index (χ1v) is 7.09. The summed E-state index contributed by atoms with van der Waals surface area (Å²) in [4.78, 5) is 1.53. The zero-order chi connectivity index (χ0) is 10.8. The molecular formula is C9H21N2O2S+. The Labute approximate surface area is 86.9 Å². The van der Waals surface area contributed by atoms with Crippen LogP contribution in [0.25, 0.3) is 0 Å². The largest absolute Gasteiger partial charge is 0.331 e. The summed E-state index contributed by atoms with van der Waals surface area (Å²) < 4.78 is 24.1. The van der Waals surface area contributed by atoms with Crippen molar-refractivity contribution < 1.29 is 13.3 Å². The molecule has 1 rings (SSSR count). The molecule has 0 aliphatic carbocycles. The molecule has 1 heterocycles. The van der Waals surface area contributed by atoms with Crippen LogP contribution in [0.2, 0.25) is 0 Å². The number of nitrogens with zero attached hydrogens (tertiary/aromatic N) is 1. The van der Waals surface area contributed by atoms with Crippen molar-refractivity contribution in [1.29, 1.82) is 0 Å². The van der Waals surface area contributed by atoms with E-state index in [0.717, 1.165) is 19.5 Å². The van der Waals surface area contributed by atoms with Crippen LogP contribution in [0.4, 0.5) is 0 Å². The van der Waals surface area contributed by atoms with Gasteiger partial charge in [-0.15, -0.1) is 0 Å². The van der Waals surface area contributed by atoms with E-state index in [0.29, 0.717) is 19.1 Å². The summed E-state index contributed by atoms with van der Waals surface area (Å²) in [5, 5.41) is 0. The van der Waals surface area contributed by atoms with Gasteiger partial charge in [-0.2, -0.15) is 4.31 Å².